The van der Waals surface area contributed by atoms with Gasteiger partial charge in [-0.2, -0.15) is 0 Å². The smallest absolute Gasteiger partial charge is 0.271 e. The molecule has 7 heteroatoms. The van der Waals surface area contributed by atoms with Gasteiger partial charge in [-0.15, -0.1) is 0 Å². The van der Waals surface area contributed by atoms with Crippen molar-refractivity contribution in [2.24, 2.45) is 0 Å². The van der Waals surface area contributed by atoms with Gasteiger partial charge < -0.3 is 5.32 Å². The Kier molecular flexibility index (Phi) is 4.80. The van der Waals surface area contributed by atoms with Crippen molar-refractivity contribution in [1.82, 2.24) is 5.32 Å². The van der Waals surface area contributed by atoms with E-state index in [9.17, 15) is 14.9 Å². The van der Waals surface area contributed by atoms with Crippen LogP contribution in [-0.2, 0) is 0 Å². The van der Waals surface area contributed by atoms with E-state index in [1.807, 2.05) is 13.0 Å². The van der Waals surface area contributed by atoms with Crippen molar-refractivity contribution in [1.29, 1.82) is 0 Å². The summed E-state index contributed by atoms with van der Waals surface area (Å²) in [5.41, 5.74) is 1.83. The molecule has 0 saturated carbocycles. The average Bonchev–Trinajstić information content (AvgIpc) is 2.47. The molecule has 0 spiro atoms. The van der Waals surface area contributed by atoms with E-state index in [4.69, 9.17) is 12.2 Å². The van der Waals surface area contributed by atoms with Crippen molar-refractivity contribution in [2.45, 2.75) is 6.92 Å². The highest BCUT2D eigenvalue weighted by atomic mass is 32.1. The molecule has 0 bridgehead atoms. The fourth-order valence-corrected chi connectivity index (χ4v) is 2.03. The van der Waals surface area contributed by atoms with E-state index in [2.05, 4.69) is 10.6 Å². The minimum Gasteiger partial charge on any atom is -0.332 e. The average molecular weight is 315 g/mol. The molecule has 0 aromatic heterocycles. The number of nitro groups is 1. The molecule has 0 radical (unpaired) electrons. The summed E-state index contributed by atoms with van der Waals surface area (Å²) < 4.78 is 0. The highest BCUT2D eigenvalue weighted by Gasteiger charge is 2.10. The Morgan fingerprint density at radius 3 is 2.59 bits per heavy atom. The molecule has 0 heterocycles. The van der Waals surface area contributed by atoms with Crippen molar-refractivity contribution < 1.29 is 9.72 Å². The number of thiocarbonyl (C=S) groups is 1. The molecule has 2 aromatic carbocycles. The standard InChI is InChI=1S/C15H13N3O3S/c1-10-4-2-5-11(8-10)14(19)17-15(22)16-12-6-3-7-13(9-12)18(20)21/h2-9H,1H3,(H2,16,17,19,22). The third kappa shape index (κ3) is 4.10. The first kappa shape index (κ1) is 15.6. The van der Waals surface area contributed by atoms with E-state index in [-0.39, 0.29) is 16.7 Å². The number of aryl methyl sites for hydroxylation is 1. The van der Waals surface area contributed by atoms with Gasteiger partial charge in [-0.05, 0) is 37.3 Å². The second kappa shape index (κ2) is 6.77. The molecule has 6 nitrogen and oxygen atoms in total. The summed E-state index contributed by atoms with van der Waals surface area (Å²) >= 11 is 5.04. The highest BCUT2D eigenvalue weighted by molar-refractivity contribution is 7.80. The Hall–Kier alpha value is -2.80. The monoisotopic (exact) mass is 315 g/mol. The first-order valence-electron chi connectivity index (χ1n) is 6.39. The molecule has 0 unspecified atom stereocenters. The van der Waals surface area contributed by atoms with E-state index < -0.39 is 4.92 Å². The van der Waals surface area contributed by atoms with Gasteiger partial charge in [0.15, 0.2) is 5.11 Å². The molecule has 0 aliphatic heterocycles. The summed E-state index contributed by atoms with van der Waals surface area (Å²) in [7, 11) is 0. The maximum atomic E-state index is 12.0. The van der Waals surface area contributed by atoms with Gasteiger partial charge in [-0.1, -0.05) is 23.8 Å². The van der Waals surface area contributed by atoms with Crippen LogP contribution in [0.1, 0.15) is 15.9 Å². The molecule has 2 rings (SSSR count). The summed E-state index contributed by atoms with van der Waals surface area (Å²) in [5, 5.41) is 16.1. The number of non-ortho nitro benzene ring substituents is 1. The predicted molar refractivity (Wildman–Crippen MR) is 88.0 cm³/mol. The minimum absolute atomic E-state index is 0.0576. The van der Waals surface area contributed by atoms with Crippen molar-refractivity contribution >= 4 is 34.6 Å². The van der Waals surface area contributed by atoms with E-state index in [1.165, 1.54) is 18.2 Å². The SMILES string of the molecule is Cc1cccc(C(=O)NC(=S)Nc2cccc([N+](=O)[O-])c2)c1. The van der Waals surface area contributed by atoms with E-state index in [1.54, 1.807) is 24.3 Å². The number of nitrogens with zero attached hydrogens (tertiary/aromatic N) is 1. The molecule has 0 aliphatic rings. The third-order valence-electron chi connectivity index (χ3n) is 2.82. The number of amides is 1. The van der Waals surface area contributed by atoms with Crippen LogP contribution in [0.15, 0.2) is 48.5 Å². The van der Waals surface area contributed by atoms with Crippen LogP contribution in [0, 0.1) is 17.0 Å². The maximum Gasteiger partial charge on any atom is 0.271 e. The first-order chi connectivity index (χ1) is 10.5. The first-order valence-corrected chi connectivity index (χ1v) is 6.80. The van der Waals surface area contributed by atoms with Crippen LogP contribution >= 0.6 is 12.2 Å². The highest BCUT2D eigenvalue weighted by Crippen LogP contribution is 2.16. The van der Waals surface area contributed by atoms with Crippen molar-refractivity contribution in [3.05, 3.63) is 69.8 Å². The number of hydrogen-bond acceptors (Lipinski definition) is 4. The van der Waals surface area contributed by atoms with Crippen molar-refractivity contribution in [2.75, 3.05) is 5.32 Å². The number of anilines is 1. The van der Waals surface area contributed by atoms with Gasteiger partial charge in [0.05, 0.1) is 4.92 Å². The van der Waals surface area contributed by atoms with Crippen LogP contribution in [-0.4, -0.2) is 15.9 Å². The van der Waals surface area contributed by atoms with Crippen LogP contribution in [0.4, 0.5) is 11.4 Å². The summed E-state index contributed by atoms with van der Waals surface area (Å²) in [5.74, 6) is -0.341. The van der Waals surface area contributed by atoms with Gasteiger partial charge in [0.1, 0.15) is 0 Å². The molecule has 0 atom stereocenters. The van der Waals surface area contributed by atoms with E-state index in [0.717, 1.165) is 5.56 Å². The Morgan fingerprint density at radius 2 is 1.91 bits per heavy atom. The quantitative estimate of drug-likeness (QED) is 0.517. The maximum absolute atomic E-state index is 12.0. The second-order valence-electron chi connectivity index (χ2n) is 4.59. The van der Waals surface area contributed by atoms with E-state index >= 15 is 0 Å². The number of hydrogen-bond donors (Lipinski definition) is 2. The van der Waals surface area contributed by atoms with Crippen molar-refractivity contribution in [3.8, 4) is 0 Å². The summed E-state index contributed by atoms with van der Waals surface area (Å²) in [6.07, 6.45) is 0. The van der Waals surface area contributed by atoms with Gasteiger partial charge in [-0.3, -0.25) is 20.2 Å². The van der Waals surface area contributed by atoms with Gasteiger partial charge in [0.2, 0.25) is 0 Å². The fraction of sp³-hybridized carbons (Fsp3) is 0.0667. The van der Waals surface area contributed by atoms with Gasteiger partial charge >= 0.3 is 0 Å². The van der Waals surface area contributed by atoms with Crippen LogP contribution in [0.25, 0.3) is 0 Å². The largest absolute Gasteiger partial charge is 0.332 e. The number of carbonyl (C=O) groups excluding carboxylic acids is 1. The number of rotatable bonds is 3. The zero-order valence-electron chi connectivity index (χ0n) is 11.7. The third-order valence-corrected chi connectivity index (χ3v) is 3.03. The molecule has 0 saturated heterocycles. The molecular weight excluding hydrogens is 302 g/mol. The predicted octanol–water partition coefficient (Wildman–Crippen LogP) is 3.03. The molecule has 0 aliphatic carbocycles. The summed E-state index contributed by atoms with van der Waals surface area (Å²) in [6, 6.07) is 13.0. The van der Waals surface area contributed by atoms with Gasteiger partial charge in [0.25, 0.3) is 11.6 Å². The number of carbonyl (C=O) groups is 1. The topological polar surface area (TPSA) is 84.3 Å². The molecule has 112 valence electrons. The Balaban J connectivity index is 2.02. The minimum atomic E-state index is -0.500. The van der Waals surface area contributed by atoms with Crippen molar-refractivity contribution in [3.63, 3.8) is 0 Å². The number of nitrogens with one attached hydrogen (secondary N) is 2. The summed E-state index contributed by atoms with van der Waals surface area (Å²) in [4.78, 5) is 22.2. The lowest BCUT2D eigenvalue weighted by Crippen LogP contribution is -2.34. The van der Waals surface area contributed by atoms with Crippen LogP contribution < -0.4 is 10.6 Å². The lowest BCUT2D eigenvalue weighted by atomic mass is 10.1. The fourth-order valence-electron chi connectivity index (χ4n) is 1.82. The Morgan fingerprint density at radius 1 is 1.18 bits per heavy atom. The molecule has 2 aromatic rings. The van der Waals surface area contributed by atoms with Gasteiger partial charge in [0, 0.05) is 23.4 Å². The van der Waals surface area contributed by atoms with E-state index in [0.29, 0.717) is 11.3 Å². The number of benzene rings is 2. The molecule has 22 heavy (non-hydrogen) atoms. The molecule has 0 fully saturated rings. The van der Waals surface area contributed by atoms with Gasteiger partial charge in [-0.25, -0.2) is 0 Å². The lowest BCUT2D eigenvalue weighted by Gasteiger charge is -2.09. The van der Waals surface area contributed by atoms with Crippen LogP contribution in [0.2, 0.25) is 0 Å². The Bertz CT molecular complexity index is 746. The molecule has 2 N–H and O–H groups in total. The molecule has 1 amide bonds. The zero-order valence-corrected chi connectivity index (χ0v) is 12.5. The normalized spacial score (nSPS) is 9.86. The summed E-state index contributed by atoms with van der Waals surface area (Å²) in [6.45, 7) is 1.89. The second-order valence-corrected chi connectivity index (χ2v) is 4.99. The molecular formula is C15H13N3O3S. The zero-order chi connectivity index (χ0) is 16.1. The Labute approximate surface area is 132 Å². The lowest BCUT2D eigenvalue weighted by molar-refractivity contribution is -0.384. The van der Waals surface area contributed by atoms with Crippen LogP contribution in [0.5, 0.6) is 0 Å². The number of nitro benzene ring substituents is 1. The van der Waals surface area contributed by atoms with Crippen LogP contribution in [0.3, 0.4) is 0 Å².